The van der Waals surface area contributed by atoms with E-state index < -0.39 is 0 Å². The van der Waals surface area contributed by atoms with E-state index in [1.165, 1.54) is 0 Å². The van der Waals surface area contributed by atoms with Crippen molar-refractivity contribution in [3.8, 4) is 12.0 Å². The van der Waals surface area contributed by atoms with Crippen molar-refractivity contribution in [3.63, 3.8) is 0 Å². The lowest BCUT2D eigenvalue weighted by molar-refractivity contribution is 0.522. The third-order valence-corrected chi connectivity index (χ3v) is 1.25. The molecule has 0 spiro atoms. The Morgan fingerprint density at radius 2 is 2.00 bits per heavy atom. The zero-order chi connectivity index (χ0) is 8.81. The smallest absolute Gasteiger partial charge is 0.177 e. The Morgan fingerprint density at radius 1 is 1.33 bits per heavy atom. The van der Waals surface area contributed by atoms with Crippen LogP contribution in [0.1, 0.15) is 12.5 Å². The van der Waals surface area contributed by atoms with Gasteiger partial charge in [-0.1, -0.05) is 18.2 Å². The summed E-state index contributed by atoms with van der Waals surface area (Å²) in [5.74, 6) is 2.82. The average molecular weight is 176 g/mol. The number of hydrogen-bond acceptors (Lipinski definition) is 2. The highest BCUT2D eigenvalue weighted by Gasteiger charge is 1.82. The van der Waals surface area contributed by atoms with Gasteiger partial charge < -0.3 is 4.74 Å². The van der Waals surface area contributed by atoms with Crippen LogP contribution < -0.4 is 0 Å². The standard InChI is InChI=1S/C10H8OS/c1-9(12)11-8-7-10-5-3-2-4-6-10/h2-6H,1H3. The lowest BCUT2D eigenvalue weighted by atomic mass is 10.2. The van der Waals surface area contributed by atoms with Crippen LogP contribution in [0.5, 0.6) is 0 Å². The Morgan fingerprint density at radius 3 is 2.58 bits per heavy atom. The Hall–Kier alpha value is -1.33. The molecule has 60 valence electrons. The maximum absolute atomic E-state index is 4.82. The van der Waals surface area contributed by atoms with Gasteiger partial charge in [0.25, 0.3) is 0 Å². The SMILES string of the molecule is CC(=S)OC#Cc1ccccc1. The van der Waals surface area contributed by atoms with Crippen LogP contribution >= 0.6 is 12.2 Å². The molecule has 0 unspecified atom stereocenters. The monoisotopic (exact) mass is 176 g/mol. The summed E-state index contributed by atoms with van der Waals surface area (Å²) >= 11 is 4.69. The Kier molecular flexibility index (Phi) is 3.31. The first-order valence-electron chi connectivity index (χ1n) is 3.52. The molecule has 12 heavy (non-hydrogen) atoms. The van der Waals surface area contributed by atoms with Crippen molar-refractivity contribution in [1.82, 2.24) is 0 Å². The van der Waals surface area contributed by atoms with Gasteiger partial charge in [0, 0.05) is 12.5 Å². The fraction of sp³-hybridized carbons (Fsp3) is 0.100. The van der Waals surface area contributed by atoms with Gasteiger partial charge in [0.1, 0.15) is 6.11 Å². The minimum atomic E-state index is 0.443. The molecule has 0 heterocycles. The van der Waals surface area contributed by atoms with Crippen molar-refractivity contribution in [3.05, 3.63) is 35.9 Å². The number of ether oxygens (including phenoxy) is 1. The van der Waals surface area contributed by atoms with Gasteiger partial charge in [0.05, 0.1) is 0 Å². The highest BCUT2D eigenvalue weighted by molar-refractivity contribution is 7.80. The molecule has 0 aliphatic rings. The summed E-state index contributed by atoms with van der Waals surface area (Å²) in [6.07, 6.45) is 2.51. The highest BCUT2D eigenvalue weighted by atomic mass is 32.1. The molecule has 0 bridgehead atoms. The molecule has 0 amide bonds. The van der Waals surface area contributed by atoms with Crippen LogP contribution in [0.4, 0.5) is 0 Å². The molecule has 2 heteroatoms. The molecular weight excluding hydrogens is 168 g/mol. The molecule has 1 nitrogen and oxygen atoms in total. The Labute approximate surface area is 77.4 Å². The molecule has 0 fully saturated rings. The fourth-order valence-corrected chi connectivity index (χ4v) is 0.719. The maximum Gasteiger partial charge on any atom is 0.177 e. The van der Waals surface area contributed by atoms with Gasteiger partial charge in [-0.3, -0.25) is 0 Å². The van der Waals surface area contributed by atoms with Crippen LogP contribution in [0, 0.1) is 12.0 Å². The van der Waals surface area contributed by atoms with Crippen LogP contribution in [-0.4, -0.2) is 5.05 Å². The first kappa shape index (κ1) is 8.76. The Bertz CT molecular complexity index is 319. The summed E-state index contributed by atoms with van der Waals surface area (Å²) in [6, 6.07) is 9.61. The molecule has 1 rings (SSSR count). The fourth-order valence-electron chi connectivity index (χ4n) is 0.678. The van der Waals surface area contributed by atoms with Gasteiger partial charge >= 0.3 is 0 Å². The van der Waals surface area contributed by atoms with Gasteiger partial charge in [-0.25, -0.2) is 0 Å². The zero-order valence-corrected chi connectivity index (χ0v) is 7.52. The Balaban J connectivity index is 2.61. The maximum atomic E-state index is 4.82. The normalized spacial score (nSPS) is 8.08. The first-order chi connectivity index (χ1) is 5.79. The topological polar surface area (TPSA) is 9.23 Å². The minimum Gasteiger partial charge on any atom is -0.400 e. The second-order valence-corrected chi connectivity index (χ2v) is 2.76. The van der Waals surface area contributed by atoms with Crippen LogP contribution in [0.25, 0.3) is 0 Å². The van der Waals surface area contributed by atoms with Gasteiger partial charge in [-0.2, -0.15) is 0 Å². The van der Waals surface area contributed by atoms with E-state index >= 15 is 0 Å². The van der Waals surface area contributed by atoms with E-state index in [0.717, 1.165) is 5.56 Å². The molecule has 1 aromatic rings. The highest BCUT2D eigenvalue weighted by Crippen LogP contribution is 1.94. The summed E-state index contributed by atoms with van der Waals surface area (Å²) in [6.45, 7) is 1.69. The van der Waals surface area contributed by atoms with E-state index in [2.05, 4.69) is 24.2 Å². The van der Waals surface area contributed by atoms with Crippen molar-refractivity contribution in [2.45, 2.75) is 6.92 Å². The average Bonchev–Trinajstić information content (AvgIpc) is 2.05. The van der Waals surface area contributed by atoms with E-state index in [1.807, 2.05) is 30.3 Å². The van der Waals surface area contributed by atoms with E-state index in [1.54, 1.807) is 6.92 Å². The molecule has 0 aliphatic heterocycles. The van der Waals surface area contributed by atoms with Crippen molar-refractivity contribution < 1.29 is 4.74 Å². The van der Waals surface area contributed by atoms with E-state index in [0.29, 0.717) is 5.05 Å². The molecule has 1 aromatic carbocycles. The van der Waals surface area contributed by atoms with Gasteiger partial charge in [-0.05, 0) is 30.3 Å². The molecule has 0 saturated carbocycles. The van der Waals surface area contributed by atoms with Gasteiger partial charge in [-0.15, -0.1) is 0 Å². The van der Waals surface area contributed by atoms with E-state index in [-0.39, 0.29) is 0 Å². The van der Waals surface area contributed by atoms with Crippen molar-refractivity contribution in [2.24, 2.45) is 0 Å². The van der Waals surface area contributed by atoms with Crippen LogP contribution in [0.15, 0.2) is 30.3 Å². The molecule has 0 radical (unpaired) electrons. The lowest BCUT2D eigenvalue weighted by Gasteiger charge is -1.88. The largest absolute Gasteiger partial charge is 0.400 e. The number of thiocarbonyl (C=S) groups is 1. The van der Waals surface area contributed by atoms with Gasteiger partial charge in [0.2, 0.25) is 0 Å². The van der Waals surface area contributed by atoms with Crippen molar-refractivity contribution in [1.29, 1.82) is 0 Å². The predicted octanol–water partition coefficient (Wildman–Crippen LogP) is 2.36. The number of rotatable bonds is 0. The first-order valence-corrected chi connectivity index (χ1v) is 3.93. The molecule has 0 atom stereocenters. The molecule has 0 aromatic heterocycles. The molecule has 0 saturated heterocycles. The summed E-state index contributed by atoms with van der Waals surface area (Å²) in [7, 11) is 0. The third kappa shape index (κ3) is 3.18. The summed E-state index contributed by atoms with van der Waals surface area (Å²) in [4.78, 5) is 0. The van der Waals surface area contributed by atoms with Crippen LogP contribution in [0.3, 0.4) is 0 Å². The van der Waals surface area contributed by atoms with Crippen LogP contribution in [-0.2, 0) is 4.74 Å². The van der Waals surface area contributed by atoms with Crippen molar-refractivity contribution in [2.75, 3.05) is 0 Å². The summed E-state index contributed by atoms with van der Waals surface area (Å²) in [5, 5.41) is 0.443. The van der Waals surface area contributed by atoms with Gasteiger partial charge in [0.15, 0.2) is 5.05 Å². The van der Waals surface area contributed by atoms with E-state index in [4.69, 9.17) is 4.74 Å². The number of benzene rings is 1. The molecule has 0 aliphatic carbocycles. The quantitative estimate of drug-likeness (QED) is 0.443. The third-order valence-electron chi connectivity index (χ3n) is 1.16. The number of hydrogen-bond donors (Lipinski definition) is 0. The van der Waals surface area contributed by atoms with E-state index in [9.17, 15) is 0 Å². The zero-order valence-electron chi connectivity index (χ0n) is 6.70. The molecule has 0 N–H and O–H groups in total. The predicted molar refractivity (Wildman–Crippen MR) is 52.7 cm³/mol. The lowest BCUT2D eigenvalue weighted by Crippen LogP contribution is -1.86. The second-order valence-electron chi connectivity index (χ2n) is 2.19. The second kappa shape index (κ2) is 4.53. The van der Waals surface area contributed by atoms with Crippen molar-refractivity contribution >= 4 is 17.3 Å². The summed E-state index contributed by atoms with van der Waals surface area (Å²) in [5.41, 5.74) is 0.925. The van der Waals surface area contributed by atoms with Crippen LogP contribution in [0.2, 0.25) is 0 Å². The minimum absolute atomic E-state index is 0.443. The molecular formula is C10H8OS. The summed E-state index contributed by atoms with van der Waals surface area (Å²) < 4.78 is 4.82.